The maximum Gasteiger partial charge on any atom is 0.243 e. The molecule has 2 unspecified atom stereocenters. The van der Waals surface area contributed by atoms with Gasteiger partial charge in [0.25, 0.3) is 0 Å². The molecule has 0 aromatic heterocycles. The Morgan fingerprint density at radius 1 is 1.29 bits per heavy atom. The van der Waals surface area contributed by atoms with Crippen molar-refractivity contribution in [3.8, 4) is 11.8 Å². The summed E-state index contributed by atoms with van der Waals surface area (Å²) in [4.78, 5) is 0.313. The Bertz CT molecular complexity index is 648. The molecular formula is C16H22N2O2S. The Hall–Kier alpha value is -1.35. The van der Waals surface area contributed by atoms with Gasteiger partial charge in [0.15, 0.2) is 0 Å². The van der Waals surface area contributed by atoms with E-state index in [-0.39, 0.29) is 6.54 Å². The Balaban J connectivity index is 2.31. The van der Waals surface area contributed by atoms with Gasteiger partial charge in [0.2, 0.25) is 10.0 Å². The molecular weight excluding hydrogens is 284 g/mol. The molecule has 1 aliphatic rings. The van der Waals surface area contributed by atoms with Crippen LogP contribution in [0.5, 0.6) is 0 Å². The van der Waals surface area contributed by atoms with Gasteiger partial charge in [-0.05, 0) is 36.5 Å². The van der Waals surface area contributed by atoms with E-state index in [9.17, 15) is 8.42 Å². The normalized spacial score (nSPS) is 23.4. The third kappa shape index (κ3) is 3.85. The van der Waals surface area contributed by atoms with Gasteiger partial charge in [-0.1, -0.05) is 31.8 Å². The number of sulfonamides is 1. The smallest absolute Gasteiger partial charge is 0.243 e. The van der Waals surface area contributed by atoms with Crippen LogP contribution in [0.4, 0.5) is 0 Å². The van der Waals surface area contributed by atoms with Crippen LogP contribution in [0.1, 0.15) is 25.8 Å². The number of rotatable bonds is 2. The van der Waals surface area contributed by atoms with E-state index in [0.717, 1.165) is 6.42 Å². The van der Waals surface area contributed by atoms with E-state index in [1.165, 1.54) is 0 Å². The number of hydrogen-bond acceptors (Lipinski definition) is 3. The number of benzene rings is 1. The second-order valence-corrected chi connectivity index (χ2v) is 7.74. The van der Waals surface area contributed by atoms with Crippen LogP contribution in [-0.4, -0.2) is 32.4 Å². The summed E-state index contributed by atoms with van der Waals surface area (Å²) in [6.07, 6.45) is 1.08. The van der Waals surface area contributed by atoms with Crippen LogP contribution in [-0.2, 0) is 10.0 Å². The predicted molar refractivity (Wildman–Crippen MR) is 84.1 cm³/mol. The first-order chi connectivity index (χ1) is 9.93. The van der Waals surface area contributed by atoms with E-state index in [4.69, 9.17) is 5.73 Å². The van der Waals surface area contributed by atoms with Gasteiger partial charge < -0.3 is 5.73 Å². The fourth-order valence-electron chi connectivity index (χ4n) is 2.84. The first kappa shape index (κ1) is 16.0. The number of nitrogens with zero attached hydrogens (tertiary/aromatic N) is 1. The molecule has 0 bridgehead atoms. The molecule has 1 fully saturated rings. The van der Waals surface area contributed by atoms with Crippen LogP contribution in [0.15, 0.2) is 29.2 Å². The van der Waals surface area contributed by atoms with Crippen molar-refractivity contribution in [3.63, 3.8) is 0 Å². The molecule has 1 aromatic carbocycles. The molecule has 1 aromatic rings. The van der Waals surface area contributed by atoms with Crippen LogP contribution >= 0.6 is 0 Å². The zero-order valence-corrected chi connectivity index (χ0v) is 13.4. The zero-order valence-electron chi connectivity index (χ0n) is 12.5. The average Bonchev–Trinajstić information content (AvgIpc) is 2.44. The van der Waals surface area contributed by atoms with Crippen LogP contribution in [0.3, 0.4) is 0 Å². The summed E-state index contributed by atoms with van der Waals surface area (Å²) in [5.74, 6) is 6.41. The lowest BCUT2D eigenvalue weighted by Crippen LogP contribution is -2.42. The summed E-state index contributed by atoms with van der Waals surface area (Å²) in [5.41, 5.74) is 6.03. The summed E-state index contributed by atoms with van der Waals surface area (Å²) in [6.45, 7) is 5.64. The molecule has 2 N–H and O–H groups in total. The van der Waals surface area contributed by atoms with Crippen molar-refractivity contribution in [3.05, 3.63) is 29.8 Å². The molecule has 1 heterocycles. The van der Waals surface area contributed by atoms with Gasteiger partial charge in [-0.3, -0.25) is 0 Å². The lowest BCUT2D eigenvalue weighted by atomic mass is 9.94. The molecule has 5 heteroatoms. The first-order valence-electron chi connectivity index (χ1n) is 7.22. The molecule has 0 amide bonds. The fraction of sp³-hybridized carbons (Fsp3) is 0.500. The second kappa shape index (κ2) is 6.61. The Morgan fingerprint density at radius 2 is 1.95 bits per heavy atom. The highest BCUT2D eigenvalue weighted by molar-refractivity contribution is 7.89. The van der Waals surface area contributed by atoms with Gasteiger partial charge in [0.1, 0.15) is 0 Å². The molecule has 2 atom stereocenters. The van der Waals surface area contributed by atoms with Gasteiger partial charge in [-0.15, -0.1) is 0 Å². The van der Waals surface area contributed by atoms with Gasteiger partial charge in [-0.25, -0.2) is 8.42 Å². The Labute approximate surface area is 127 Å². The fourth-order valence-corrected chi connectivity index (χ4v) is 4.56. The van der Waals surface area contributed by atoms with Gasteiger partial charge >= 0.3 is 0 Å². The molecule has 1 aliphatic heterocycles. The minimum Gasteiger partial charge on any atom is -0.320 e. The largest absolute Gasteiger partial charge is 0.320 e. The second-order valence-electron chi connectivity index (χ2n) is 5.80. The van der Waals surface area contributed by atoms with Crippen LogP contribution < -0.4 is 5.73 Å². The van der Waals surface area contributed by atoms with E-state index in [2.05, 4.69) is 25.7 Å². The quantitative estimate of drug-likeness (QED) is 0.845. The number of piperidine rings is 1. The monoisotopic (exact) mass is 306 g/mol. The Kier molecular flexibility index (Phi) is 5.04. The van der Waals surface area contributed by atoms with Crippen molar-refractivity contribution < 1.29 is 8.42 Å². The maximum absolute atomic E-state index is 12.8. The van der Waals surface area contributed by atoms with E-state index in [0.29, 0.717) is 35.4 Å². The van der Waals surface area contributed by atoms with E-state index >= 15 is 0 Å². The summed E-state index contributed by atoms with van der Waals surface area (Å²) < 4.78 is 27.1. The van der Waals surface area contributed by atoms with E-state index in [1.807, 2.05) is 0 Å². The molecule has 4 nitrogen and oxygen atoms in total. The number of nitrogens with two attached hydrogens (primary N) is 1. The van der Waals surface area contributed by atoms with Crippen molar-refractivity contribution in [1.29, 1.82) is 0 Å². The van der Waals surface area contributed by atoms with Gasteiger partial charge in [-0.2, -0.15) is 4.31 Å². The summed E-state index contributed by atoms with van der Waals surface area (Å²) in [6, 6.07) is 6.78. The van der Waals surface area contributed by atoms with Crippen LogP contribution in [0.2, 0.25) is 0 Å². The van der Waals surface area contributed by atoms with Crippen molar-refractivity contribution in [2.75, 3.05) is 19.6 Å². The number of hydrogen-bond donors (Lipinski definition) is 1. The van der Waals surface area contributed by atoms with Crippen molar-refractivity contribution >= 4 is 10.0 Å². The highest BCUT2D eigenvalue weighted by Gasteiger charge is 2.31. The lowest BCUT2D eigenvalue weighted by Gasteiger charge is -2.34. The minimum absolute atomic E-state index is 0.262. The topological polar surface area (TPSA) is 63.4 Å². The summed E-state index contributed by atoms with van der Waals surface area (Å²) in [5, 5.41) is 0. The SMILES string of the molecule is CC1CC(C)CN(S(=O)(=O)c2cccc(C#CCN)c2)C1. The maximum atomic E-state index is 12.8. The van der Waals surface area contributed by atoms with E-state index in [1.54, 1.807) is 28.6 Å². The van der Waals surface area contributed by atoms with Crippen LogP contribution in [0, 0.1) is 23.7 Å². The highest BCUT2D eigenvalue weighted by Crippen LogP contribution is 2.26. The van der Waals surface area contributed by atoms with Crippen LogP contribution in [0.25, 0.3) is 0 Å². The first-order valence-corrected chi connectivity index (χ1v) is 8.66. The molecule has 0 radical (unpaired) electrons. The van der Waals surface area contributed by atoms with Crippen molar-refractivity contribution in [1.82, 2.24) is 4.31 Å². The van der Waals surface area contributed by atoms with E-state index < -0.39 is 10.0 Å². The zero-order chi connectivity index (χ0) is 15.5. The van der Waals surface area contributed by atoms with Gasteiger partial charge in [0.05, 0.1) is 11.4 Å². The molecule has 114 valence electrons. The third-order valence-electron chi connectivity index (χ3n) is 3.64. The summed E-state index contributed by atoms with van der Waals surface area (Å²) >= 11 is 0. The summed E-state index contributed by atoms with van der Waals surface area (Å²) in [7, 11) is -3.44. The van der Waals surface area contributed by atoms with Crippen molar-refractivity contribution in [2.45, 2.75) is 25.2 Å². The van der Waals surface area contributed by atoms with Gasteiger partial charge in [0, 0.05) is 18.7 Å². The van der Waals surface area contributed by atoms with Crippen molar-refractivity contribution in [2.24, 2.45) is 17.6 Å². The third-order valence-corrected chi connectivity index (χ3v) is 5.47. The molecule has 0 saturated carbocycles. The Morgan fingerprint density at radius 3 is 2.57 bits per heavy atom. The average molecular weight is 306 g/mol. The predicted octanol–water partition coefficient (Wildman–Crippen LogP) is 1.66. The highest BCUT2D eigenvalue weighted by atomic mass is 32.2. The molecule has 0 spiro atoms. The minimum atomic E-state index is -3.44. The molecule has 1 saturated heterocycles. The lowest BCUT2D eigenvalue weighted by molar-refractivity contribution is 0.222. The standard InChI is InChI=1S/C16H22N2O2S/c1-13-9-14(2)12-18(11-13)21(19,20)16-7-3-5-15(10-16)6-4-8-17/h3,5,7,10,13-14H,8-9,11-12,17H2,1-2H3. The molecule has 21 heavy (non-hydrogen) atoms. The molecule has 0 aliphatic carbocycles. The molecule has 2 rings (SSSR count).